The second kappa shape index (κ2) is 58.4. The highest BCUT2D eigenvalue weighted by Crippen LogP contribution is 2.16. The first kappa shape index (κ1) is 66.8. The fourth-order valence-corrected chi connectivity index (χ4v) is 9.13. The number of hydrogen-bond acceptors (Lipinski definition) is 5. The van der Waals surface area contributed by atoms with Crippen LogP contribution in [0.15, 0.2) is 48.6 Å². The topological polar surface area (TPSA) is 95.9 Å². The van der Waals surface area contributed by atoms with Crippen molar-refractivity contribution in [3.63, 3.8) is 0 Å². The van der Waals surface area contributed by atoms with Crippen molar-refractivity contribution in [2.75, 3.05) is 13.2 Å². The molecule has 0 aromatic heterocycles. The standard InChI is InChI=1S/C63H117NO5/c1-3-5-7-9-11-13-15-17-19-20-26-29-33-37-41-45-49-53-57-63(68)69-58-54-50-46-42-38-34-30-27-24-22-21-23-25-28-32-36-40-44-48-52-56-62(67)64-60(59-65)61(66)55-51-47-43-39-35-31-18-16-14-12-10-8-6-4-2/h13,15,19-21,23,51,55,60-61,65-66H,3-12,14,16-18,22,24-50,52-54,56-59H2,1-2H3,(H,64,67)/b15-13-,20-19-,23-21-,55-51+. The van der Waals surface area contributed by atoms with Gasteiger partial charge < -0.3 is 20.3 Å². The van der Waals surface area contributed by atoms with Crippen LogP contribution in [0.2, 0.25) is 0 Å². The minimum Gasteiger partial charge on any atom is -0.466 e. The summed E-state index contributed by atoms with van der Waals surface area (Å²) in [7, 11) is 0. The molecule has 6 nitrogen and oxygen atoms in total. The van der Waals surface area contributed by atoms with Gasteiger partial charge >= 0.3 is 5.97 Å². The lowest BCUT2D eigenvalue weighted by Gasteiger charge is -2.20. The Balaban J connectivity index is 3.45. The normalized spacial score (nSPS) is 12.9. The van der Waals surface area contributed by atoms with Gasteiger partial charge in [0.2, 0.25) is 5.91 Å². The van der Waals surface area contributed by atoms with Gasteiger partial charge in [-0.25, -0.2) is 0 Å². The zero-order chi connectivity index (χ0) is 50.0. The zero-order valence-electron chi connectivity index (χ0n) is 46.0. The van der Waals surface area contributed by atoms with E-state index in [0.29, 0.717) is 19.4 Å². The molecule has 6 heteroatoms. The minimum absolute atomic E-state index is 0.00216. The number of carbonyl (C=O) groups is 2. The number of aliphatic hydroxyl groups is 2. The Labute approximate surface area is 429 Å². The van der Waals surface area contributed by atoms with Crippen LogP contribution in [0.4, 0.5) is 0 Å². The summed E-state index contributed by atoms with van der Waals surface area (Å²) in [6, 6.07) is -0.635. The maximum absolute atomic E-state index is 12.4. The highest BCUT2D eigenvalue weighted by molar-refractivity contribution is 5.76. The maximum atomic E-state index is 12.4. The SMILES string of the molecule is CCCCCC/C=C\C/C=C\CCCCCCCCCC(=O)OCCCCCCCCCCC/C=C\CCCCCCCCCC(=O)NC(CO)C(O)/C=C/CCCCCCCCCCCCCC. The number of nitrogens with one attached hydrogen (secondary N) is 1. The highest BCUT2D eigenvalue weighted by Gasteiger charge is 2.18. The van der Waals surface area contributed by atoms with Crippen molar-refractivity contribution < 1.29 is 24.5 Å². The minimum atomic E-state index is -0.850. The van der Waals surface area contributed by atoms with E-state index in [1.54, 1.807) is 6.08 Å². The van der Waals surface area contributed by atoms with Crippen molar-refractivity contribution in [3.8, 4) is 0 Å². The van der Waals surface area contributed by atoms with Gasteiger partial charge in [0, 0.05) is 12.8 Å². The molecule has 0 aromatic rings. The molecule has 1 amide bonds. The molecule has 2 unspecified atom stereocenters. The van der Waals surface area contributed by atoms with E-state index >= 15 is 0 Å². The van der Waals surface area contributed by atoms with Crippen molar-refractivity contribution in [2.24, 2.45) is 0 Å². The number of unbranched alkanes of at least 4 members (excludes halogenated alkanes) is 39. The highest BCUT2D eigenvalue weighted by atomic mass is 16.5. The first-order chi connectivity index (χ1) is 34.0. The van der Waals surface area contributed by atoms with Crippen molar-refractivity contribution in [2.45, 2.75) is 328 Å². The molecule has 0 aliphatic carbocycles. The lowest BCUT2D eigenvalue weighted by Crippen LogP contribution is -2.45. The predicted molar refractivity (Wildman–Crippen MR) is 301 cm³/mol. The summed E-state index contributed by atoms with van der Waals surface area (Å²) < 4.78 is 5.49. The second-order valence-electron chi connectivity index (χ2n) is 20.7. The Morgan fingerprint density at radius 2 is 0.725 bits per heavy atom. The van der Waals surface area contributed by atoms with Crippen molar-refractivity contribution in [3.05, 3.63) is 48.6 Å². The van der Waals surface area contributed by atoms with Crippen molar-refractivity contribution in [1.29, 1.82) is 0 Å². The molecule has 0 aromatic carbocycles. The summed E-state index contributed by atoms with van der Waals surface area (Å²) in [6.07, 6.45) is 74.2. The van der Waals surface area contributed by atoms with Crippen LogP contribution in [0.5, 0.6) is 0 Å². The van der Waals surface area contributed by atoms with Gasteiger partial charge in [-0.05, 0) is 89.9 Å². The third-order valence-electron chi connectivity index (χ3n) is 13.8. The molecule has 0 aliphatic heterocycles. The Morgan fingerprint density at radius 3 is 1.13 bits per heavy atom. The smallest absolute Gasteiger partial charge is 0.305 e. The molecular weight excluding hydrogens is 851 g/mol. The van der Waals surface area contributed by atoms with Gasteiger partial charge in [-0.2, -0.15) is 0 Å². The van der Waals surface area contributed by atoms with Gasteiger partial charge in [-0.1, -0.05) is 262 Å². The van der Waals surface area contributed by atoms with E-state index in [1.165, 1.54) is 231 Å². The van der Waals surface area contributed by atoms with Crippen LogP contribution in [0.1, 0.15) is 316 Å². The predicted octanol–water partition coefficient (Wildman–Crippen LogP) is 19.0. The Kier molecular flexibility index (Phi) is 56.5. The monoisotopic (exact) mass is 968 g/mol. The number of aliphatic hydroxyl groups excluding tert-OH is 2. The van der Waals surface area contributed by atoms with Crippen LogP contribution >= 0.6 is 0 Å². The third-order valence-corrected chi connectivity index (χ3v) is 13.8. The second-order valence-corrected chi connectivity index (χ2v) is 20.7. The fourth-order valence-electron chi connectivity index (χ4n) is 9.13. The number of hydrogen-bond donors (Lipinski definition) is 3. The average molecular weight is 969 g/mol. The largest absolute Gasteiger partial charge is 0.466 e. The van der Waals surface area contributed by atoms with Crippen LogP contribution < -0.4 is 5.32 Å². The zero-order valence-corrected chi connectivity index (χ0v) is 46.0. The Morgan fingerprint density at radius 1 is 0.406 bits per heavy atom. The van der Waals surface area contributed by atoms with Gasteiger partial charge in [0.15, 0.2) is 0 Å². The summed E-state index contributed by atoms with van der Waals surface area (Å²) in [5, 5.41) is 23.1. The number of allylic oxidation sites excluding steroid dienone is 7. The third kappa shape index (κ3) is 55.0. The first-order valence-corrected chi connectivity index (χ1v) is 30.4. The number of carbonyl (C=O) groups excluding carboxylic acids is 2. The number of esters is 1. The number of amides is 1. The van der Waals surface area contributed by atoms with E-state index < -0.39 is 12.1 Å². The van der Waals surface area contributed by atoms with Crippen LogP contribution in [0, 0.1) is 0 Å². The molecule has 69 heavy (non-hydrogen) atoms. The van der Waals surface area contributed by atoms with Crippen molar-refractivity contribution in [1.82, 2.24) is 5.32 Å². The quantitative estimate of drug-likeness (QED) is 0.0321. The average Bonchev–Trinajstić information content (AvgIpc) is 3.35. The van der Waals surface area contributed by atoms with Gasteiger partial charge in [0.25, 0.3) is 0 Å². The Bertz CT molecular complexity index is 1160. The maximum Gasteiger partial charge on any atom is 0.305 e. The number of ether oxygens (including phenoxy) is 1. The van der Waals surface area contributed by atoms with Gasteiger partial charge in [0.1, 0.15) is 0 Å². The molecule has 404 valence electrons. The molecular formula is C63H117NO5. The van der Waals surface area contributed by atoms with Crippen molar-refractivity contribution >= 4 is 11.9 Å². The van der Waals surface area contributed by atoms with Gasteiger partial charge in [-0.15, -0.1) is 0 Å². The molecule has 0 spiro atoms. The van der Waals surface area contributed by atoms with Crippen LogP contribution in [0.25, 0.3) is 0 Å². The molecule has 2 atom stereocenters. The summed E-state index contributed by atoms with van der Waals surface area (Å²) >= 11 is 0. The van der Waals surface area contributed by atoms with E-state index in [2.05, 4.69) is 55.6 Å². The molecule has 0 saturated heterocycles. The molecule has 0 fully saturated rings. The first-order valence-electron chi connectivity index (χ1n) is 30.4. The molecule has 0 heterocycles. The summed E-state index contributed by atoms with van der Waals surface area (Å²) in [4.78, 5) is 24.5. The molecule has 3 N–H and O–H groups in total. The molecule has 0 bridgehead atoms. The fraction of sp³-hybridized carbons (Fsp3) is 0.841. The Hall–Kier alpha value is -2.18. The van der Waals surface area contributed by atoms with E-state index in [1.807, 2.05) is 6.08 Å². The lowest BCUT2D eigenvalue weighted by atomic mass is 10.0. The van der Waals surface area contributed by atoms with Crippen LogP contribution in [-0.2, 0) is 14.3 Å². The van der Waals surface area contributed by atoms with Crippen LogP contribution in [0.3, 0.4) is 0 Å². The summed E-state index contributed by atoms with van der Waals surface area (Å²) in [5.41, 5.74) is 0. The van der Waals surface area contributed by atoms with E-state index in [0.717, 1.165) is 57.8 Å². The molecule has 0 rings (SSSR count). The lowest BCUT2D eigenvalue weighted by molar-refractivity contribution is -0.143. The van der Waals surface area contributed by atoms with E-state index in [9.17, 15) is 19.8 Å². The van der Waals surface area contributed by atoms with Crippen LogP contribution in [-0.4, -0.2) is 47.4 Å². The number of rotatable bonds is 56. The molecule has 0 saturated carbocycles. The summed E-state index contributed by atoms with van der Waals surface area (Å²) in [5.74, 6) is -0.0790. The van der Waals surface area contributed by atoms with E-state index in [-0.39, 0.29) is 18.5 Å². The summed E-state index contributed by atoms with van der Waals surface area (Å²) in [6.45, 7) is 4.88. The van der Waals surface area contributed by atoms with Gasteiger partial charge in [0.05, 0.1) is 25.4 Å². The van der Waals surface area contributed by atoms with E-state index in [4.69, 9.17) is 4.74 Å². The molecule has 0 aliphatic rings. The van der Waals surface area contributed by atoms with Gasteiger partial charge in [-0.3, -0.25) is 9.59 Å². The molecule has 0 radical (unpaired) electrons.